The van der Waals surface area contributed by atoms with Crippen molar-refractivity contribution >= 4 is 17.6 Å². The maximum atomic E-state index is 12.7. The SMILES string of the molecule is COC(=O)c1ccc(O[C@H](C)C(=O)N2CCc3ccccc32)cc1. The van der Waals surface area contributed by atoms with Crippen LogP contribution in [0.2, 0.25) is 0 Å². The van der Waals surface area contributed by atoms with E-state index in [0.717, 1.165) is 12.1 Å². The number of fused-ring (bicyclic) bond motifs is 1. The van der Waals surface area contributed by atoms with Gasteiger partial charge >= 0.3 is 5.97 Å². The number of amides is 1. The molecule has 24 heavy (non-hydrogen) atoms. The molecule has 2 aromatic carbocycles. The van der Waals surface area contributed by atoms with Crippen LogP contribution in [0.15, 0.2) is 48.5 Å². The molecule has 0 bridgehead atoms. The number of rotatable bonds is 4. The highest BCUT2D eigenvalue weighted by molar-refractivity contribution is 5.98. The fourth-order valence-corrected chi connectivity index (χ4v) is 2.83. The Bertz CT molecular complexity index is 754. The number of benzene rings is 2. The fourth-order valence-electron chi connectivity index (χ4n) is 2.83. The monoisotopic (exact) mass is 325 g/mol. The molecule has 0 saturated carbocycles. The summed E-state index contributed by atoms with van der Waals surface area (Å²) in [6.07, 6.45) is 0.253. The lowest BCUT2D eigenvalue weighted by Gasteiger charge is -2.22. The van der Waals surface area contributed by atoms with Crippen LogP contribution in [0, 0.1) is 0 Å². The van der Waals surface area contributed by atoms with Crippen molar-refractivity contribution in [1.82, 2.24) is 0 Å². The Morgan fingerprint density at radius 1 is 1.08 bits per heavy atom. The smallest absolute Gasteiger partial charge is 0.337 e. The molecule has 0 aromatic heterocycles. The van der Waals surface area contributed by atoms with E-state index in [1.165, 1.54) is 12.7 Å². The van der Waals surface area contributed by atoms with Gasteiger partial charge in [-0.15, -0.1) is 0 Å². The molecule has 0 radical (unpaired) electrons. The molecule has 1 atom stereocenters. The van der Waals surface area contributed by atoms with Crippen molar-refractivity contribution in [3.8, 4) is 5.75 Å². The first-order chi connectivity index (χ1) is 11.6. The van der Waals surface area contributed by atoms with Crippen molar-refractivity contribution in [2.75, 3.05) is 18.6 Å². The summed E-state index contributed by atoms with van der Waals surface area (Å²) in [6, 6.07) is 14.5. The van der Waals surface area contributed by atoms with Crippen molar-refractivity contribution in [2.45, 2.75) is 19.4 Å². The predicted molar refractivity (Wildman–Crippen MR) is 90.4 cm³/mol. The average molecular weight is 325 g/mol. The average Bonchev–Trinajstić information content (AvgIpc) is 3.05. The minimum atomic E-state index is -0.611. The third-order valence-electron chi connectivity index (χ3n) is 4.09. The first-order valence-electron chi connectivity index (χ1n) is 7.84. The van der Waals surface area contributed by atoms with Crippen LogP contribution >= 0.6 is 0 Å². The van der Waals surface area contributed by atoms with Gasteiger partial charge in [-0.05, 0) is 49.2 Å². The van der Waals surface area contributed by atoms with E-state index in [-0.39, 0.29) is 5.91 Å². The van der Waals surface area contributed by atoms with Crippen molar-refractivity contribution < 1.29 is 19.1 Å². The second-order valence-electron chi connectivity index (χ2n) is 5.64. The number of para-hydroxylation sites is 1. The molecule has 0 fully saturated rings. The molecule has 2 aromatic rings. The molecular weight excluding hydrogens is 306 g/mol. The molecule has 5 nitrogen and oxygen atoms in total. The summed E-state index contributed by atoms with van der Waals surface area (Å²) in [5, 5.41) is 0. The molecule has 1 heterocycles. The number of nitrogens with zero attached hydrogens (tertiary/aromatic N) is 1. The summed E-state index contributed by atoms with van der Waals surface area (Å²) in [7, 11) is 1.33. The summed E-state index contributed by atoms with van der Waals surface area (Å²) in [5.41, 5.74) is 2.58. The van der Waals surface area contributed by atoms with E-state index >= 15 is 0 Å². The highest BCUT2D eigenvalue weighted by Crippen LogP contribution is 2.28. The topological polar surface area (TPSA) is 55.8 Å². The minimum absolute atomic E-state index is 0.0722. The van der Waals surface area contributed by atoms with E-state index < -0.39 is 12.1 Å². The lowest BCUT2D eigenvalue weighted by Crippen LogP contribution is -2.39. The molecule has 124 valence electrons. The molecule has 3 rings (SSSR count). The van der Waals surface area contributed by atoms with Gasteiger partial charge in [-0.1, -0.05) is 18.2 Å². The largest absolute Gasteiger partial charge is 0.481 e. The molecular formula is C19H19NO4. The highest BCUT2D eigenvalue weighted by atomic mass is 16.5. The number of methoxy groups -OCH3 is 1. The molecule has 0 unspecified atom stereocenters. The lowest BCUT2D eigenvalue weighted by molar-refractivity contribution is -0.124. The van der Waals surface area contributed by atoms with Gasteiger partial charge in [0, 0.05) is 12.2 Å². The van der Waals surface area contributed by atoms with Crippen molar-refractivity contribution in [1.29, 1.82) is 0 Å². The van der Waals surface area contributed by atoms with E-state index in [0.29, 0.717) is 17.9 Å². The minimum Gasteiger partial charge on any atom is -0.481 e. The number of anilines is 1. The Morgan fingerprint density at radius 3 is 2.50 bits per heavy atom. The van der Waals surface area contributed by atoms with Crippen molar-refractivity contribution in [2.24, 2.45) is 0 Å². The first kappa shape index (κ1) is 16.1. The van der Waals surface area contributed by atoms with Crippen molar-refractivity contribution in [3.05, 3.63) is 59.7 Å². The number of ether oxygens (including phenoxy) is 2. The summed E-state index contributed by atoms with van der Waals surface area (Å²) in [6.45, 7) is 2.41. The second kappa shape index (κ2) is 6.74. The van der Waals surface area contributed by atoms with Crippen LogP contribution in [0.25, 0.3) is 0 Å². The maximum absolute atomic E-state index is 12.7. The molecule has 0 spiro atoms. The summed E-state index contributed by atoms with van der Waals surface area (Å²) in [5.74, 6) is 0.0623. The quantitative estimate of drug-likeness (QED) is 0.811. The second-order valence-corrected chi connectivity index (χ2v) is 5.64. The molecule has 1 amide bonds. The zero-order valence-corrected chi connectivity index (χ0v) is 13.7. The molecule has 0 saturated heterocycles. The number of carbonyl (C=O) groups excluding carboxylic acids is 2. The van der Waals surface area contributed by atoms with Gasteiger partial charge in [0.2, 0.25) is 0 Å². The number of carbonyl (C=O) groups is 2. The van der Waals surface area contributed by atoms with Crippen LogP contribution in [0.4, 0.5) is 5.69 Å². The molecule has 5 heteroatoms. The summed E-state index contributed by atoms with van der Waals surface area (Å²) in [4.78, 5) is 25.8. The number of hydrogen-bond donors (Lipinski definition) is 0. The molecule has 0 N–H and O–H groups in total. The summed E-state index contributed by atoms with van der Waals surface area (Å²) >= 11 is 0. The van der Waals surface area contributed by atoms with Gasteiger partial charge in [0.05, 0.1) is 12.7 Å². The highest BCUT2D eigenvalue weighted by Gasteiger charge is 2.28. The predicted octanol–water partition coefficient (Wildman–Crippen LogP) is 2.83. The number of hydrogen-bond acceptors (Lipinski definition) is 4. The van der Waals surface area contributed by atoms with Crippen LogP contribution in [0.1, 0.15) is 22.8 Å². The van der Waals surface area contributed by atoms with Gasteiger partial charge < -0.3 is 14.4 Å². The van der Waals surface area contributed by atoms with Gasteiger partial charge in [0.15, 0.2) is 6.10 Å². The van der Waals surface area contributed by atoms with Gasteiger partial charge in [0.1, 0.15) is 5.75 Å². The Kier molecular flexibility index (Phi) is 4.51. The van der Waals surface area contributed by atoms with E-state index in [4.69, 9.17) is 4.74 Å². The normalized spacial score (nSPS) is 14.0. The lowest BCUT2D eigenvalue weighted by atomic mass is 10.2. The molecule has 1 aliphatic rings. The van der Waals surface area contributed by atoms with E-state index in [1.807, 2.05) is 24.3 Å². The van der Waals surface area contributed by atoms with Crippen LogP contribution in [-0.2, 0) is 16.0 Å². The van der Waals surface area contributed by atoms with E-state index in [2.05, 4.69) is 4.74 Å². The zero-order valence-electron chi connectivity index (χ0n) is 13.7. The summed E-state index contributed by atoms with van der Waals surface area (Å²) < 4.78 is 10.4. The third-order valence-corrected chi connectivity index (χ3v) is 4.09. The van der Waals surface area contributed by atoms with Gasteiger partial charge in [0.25, 0.3) is 5.91 Å². The van der Waals surface area contributed by atoms with Crippen LogP contribution in [0.5, 0.6) is 5.75 Å². The fraction of sp³-hybridized carbons (Fsp3) is 0.263. The molecule has 0 aliphatic carbocycles. The van der Waals surface area contributed by atoms with E-state index in [9.17, 15) is 9.59 Å². The van der Waals surface area contributed by atoms with Gasteiger partial charge in [-0.2, -0.15) is 0 Å². The first-order valence-corrected chi connectivity index (χ1v) is 7.84. The Labute approximate surface area is 140 Å². The van der Waals surface area contributed by atoms with Crippen LogP contribution < -0.4 is 9.64 Å². The van der Waals surface area contributed by atoms with E-state index in [1.54, 1.807) is 36.1 Å². The van der Waals surface area contributed by atoms with Gasteiger partial charge in [-0.3, -0.25) is 4.79 Å². The standard InChI is InChI=1S/C19H19NO4/c1-13(24-16-9-7-15(8-10-16)19(22)23-2)18(21)20-12-11-14-5-3-4-6-17(14)20/h3-10,13H,11-12H2,1-2H3/t13-/m1/s1. The van der Waals surface area contributed by atoms with Crippen LogP contribution in [-0.4, -0.2) is 31.6 Å². The van der Waals surface area contributed by atoms with Crippen LogP contribution in [0.3, 0.4) is 0 Å². The Balaban J connectivity index is 1.68. The Morgan fingerprint density at radius 2 is 1.79 bits per heavy atom. The number of esters is 1. The maximum Gasteiger partial charge on any atom is 0.337 e. The Hall–Kier alpha value is -2.82. The van der Waals surface area contributed by atoms with Gasteiger partial charge in [-0.25, -0.2) is 4.79 Å². The third kappa shape index (κ3) is 3.11. The zero-order chi connectivity index (χ0) is 17.1. The van der Waals surface area contributed by atoms with Crippen molar-refractivity contribution in [3.63, 3.8) is 0 Å². The molecule has 1 aliphatic heterocycles.